The van der Waals surface area contributed by atoms with Gasteiger partial charge in [0.2, 0.25) is 0 Å². The zero-order chi connectivity index (χ0) is 35.9. The molecule has 2 aromatic heterocycles. The number of hydrogen-bond donors (Lipinski definition) is 1. The van der Waals surface area contributed by atoms with Gasteiger partial charge in [0, 0.05) is 81.6 Å². The molecular weight excluding hydrogens is 659 g/mol. The van der Waals surface area contributed by atoms with Gasteiger partial charge in [0.25, 0.3) is 11.8 Å². The summed E-state index contributed by atoms with van der Waals surface area (Å²) >= 11 is 0. The van der Waals surface area contributed by atoms with Crippen LogP contribution in [-0.2, 0) is 31.2 Å². The fraction of sp³-hybridized carbons (Fsp3) is 0.293. The van der Waals surface area contributed by atoms with Crippen LogP contribution >= 0.6 is 0 Å². The van der Waals surface area contributed by atoms with E-state index in [0.29, 0.717) is 60.1 Å². The Bertz CT molecular complexity index is 2140. The zero-order valence-corrected chi connectivity index (χ0v) is 29.3. The topological polar surface area (TPSA) is 94.4 Å². The SMILES string of the molecule is CN1CCc2cc(N(C(=O)c3cc(-c4cc(F)ccc4C(=O)N4Cc5ccccc5C[C@H]4CN4CCOCC4)n(C)c3)c3ccc(O)cc3)cnc21. The number of nitrogens with zero attached hydrogens (tertiary/aromatic N) is 6. The van der Waals surface area contributed by atoms with E-state index in [-0.39, 0.29) is 23.6 Å². The first-order chi connectivity index (χ1) is 25.2. The van der Waals surface area contributed by atoms with E-state index in [1.807, 2.05) is 30.1 Å². The quantitative estimate of drug-likeness (QED) is 0.230. The molecule has 0 radical (unpaired) electrons. The number of aromatic hydroxyl groups is 1. The van der Waals surface area contributed by atoms with Crippen LogP contribution in [0.5, 0.6) is 5.75 Å². The van der Waals surface area contributed by atoms with E-state index in [2.05, 4.69) is 26.9 Å². The van der Waals surface area contributed by atoms with Crippen molar-refractivity contribution in [2.75, 3.05) is 56.2 Å². The van der Waals surface area contributed by atoms with Crippen molar-refractivity contribution in [1.29, 1.82) is 0 Å². The van der Waals surface area contributed by atoms with Gasteiger partial charge in [-0.1, -0.05) is 24.3 Å². The van der Waals surface area contributed by atoms with Gasteiger partial charge in [0.05, 0.1) is 30.7 Å². The van der Waals surface area contributed by atoms with Crippen LogP contribution in [0.2, 0.25) is 0 Å². The summed E-state index contributed by atoms with van der Waals surface area (Å²) in [5.74, 6) is -0.0229. The number of fused-ring (bicyclic) bond motifs is 2. The maximum absolute atomic E-state index is 15.1. The molecule has 2 amide bonds. The number of phenols is 1. The minimum absolute atomic E-state index is 0.0801. The summed E-state index contributed by atoms with van der Waals surface area (Å²) < 4.78 is 22.4. The number of benzene rings is 3. The van der Waals surface area contributed by atoms with Gasteiger partial charge in [-0.25, -0.2) is 9.37 Å². The van der Waals surface area contributed by atoms with E-state index < -0.39 is 5.82 Å². The van der Waals surface area contributed by atoms with Gasteiger partial charge < -0.3 is 24.2 Å². The fourth-order valence-electron chi connectivity index (χ4n) is 7.74. The third-order valence-corrected chi connectivity index (χ3v) is 10.5. The van der Waals surface area contributed by atoms with E-state index in [4.69, 9.17) is 4.74 Å². The first-order valence-electron chi connectivity index (χ1n) is 17.7. The maximum Gasteiger partial charge on any atom is 0.264 e. The number of anilines is 3. The number of hydrogen-bond acceptors (Lipinski definition) is 7. The third kappa shape index (κ3) is 6.42. The molecule has 52 heavy (non-hydrogen) atoms. The van der Waals surface area contributed by atoms with Crippen molar-refractivity contribution in [3.05, 3.63) is 125 Å². The number of rotatable bonds is 7. The Morgan fingerprint density at radius 1 is 0.923 bits per heavy atom. The minimum atomic E-state index is -0.477. The van der Waals surface area contributed by atoms with Crippen LogP contribution < -0.4 is 9.80 Å². The summed E-state index contributed by atoms with van der Waals surface area (Å²) in [5, 5.41) is 10.0. The van der Waals surface area contributed by atoms with E-state index in [1.54, 1.807) is 53.2 Å². The van der Waals surface area contributed by atoms with Crippen molar-refractivity contribution >= 4 is 29.0 Å². The summed E-state index contributed by atoms with van der Waals surface area (Å²) in [6.07, 6.45) is 4.92. The van der Waals surface area contributed by atoms with E-state index in [9.17, 15) is 14.7 Å². The van der Waals surface area contributed by atoms with Gasteiger partial charge >= 0.3 is 0 Å². The summed E-state index contributed by atoms with van der Waals surface area (Å²) in [6.45, 7) is 4.95. The lowest BCUT2D eigenvalue weighted by Crippen LogP contribution is -2.52. The largest absolute Gasteiger partial charge is 0.508 e. The first kappa shape index (κ1) is 33.6. The maximum atomic E-state index is 15.1. The molecule has 5 heterocycles. The number of amides is 2. The molecule has 11 heteroatoms. The zero-order valence-electron chi connectivity index (χ0n) is 29.3. The number of carbonyl (C=O) groups excluding carboxylic acids is 2. The second-order valence-electron chi connectivity index (χ2n) is 13.9. The number of aryl methyl sites for hydroxylation is 1. The number of morpholine rings is 1. The molecule has 266 valence electrons. The fourth-order valence-corrected chi connectivity index (χ4v) is 7.74. The van der Waals surface area contributed by atoms with Crippen LogP contribution in [0, 0.1) is 5.82 Å². The second kappa shape index (κ2) is 13.9. The van der Waals surface area contributed by atoms with Crippen LogP contribution in [0.25, 0.3) is 11.3 Å². The smallest absolute Gasteiger partial charge is 0.264 e. The molecule has 0 unspecified atom stereocenters. The molecule has 0 spiro atoms. The number of aromatic nitrogens is 2. The standard InChI is InChI=1S/C41H41FN6O4/c1-44-14-13-28-20-33(23-43-39(28)44)48(32-8-10-35(49)11-9-32)40(50)30-21-38(45(2)24-30)37-22-31(42)7-12-36(37)41(51)47-25-29-6-4-3-5-27(29)19-34(47)26-46-15-17-52-18-16-46/h3-12,20-24,34,49H,13-19,25-26H2,1-2H3/t34-/m0/s1. The Balaban J connectivity index is 1.15. The molecule has 1 saturated heterocycles. The molecule has 1 N–H and O–H groups in total. The molecular formula is C41H41FN6O4. The lowest BCUT2D eigenvalue weighted by atomic mass is 9.92. The highest BCUT2D eigenvalue weighted by molar-refractivity contribution is 6.12. The molecule has 1 atom stereocenters. The molecule has 0 bridgehead atoms. The predicted octanol–water partition coefficient (Wildman–Crippen LogP) is 5.80. The van der Waals surface area contributed by atoms with Crippen molar-refractivity contribution in [2.24, 2.45) is 7.05 Å². The van der Waals surface area contributed by atoms with Gasteiger partial charge in [-0.3, -0.25) is 19.4 Å². The highest BCUT2D eigenvalue weighted by Gasteiger charge is 2.34. The molecule has 10 nitrogen and oxygen atoms in total. The van der Waals surface area contributed by atoms with E-state index >= 15 is 4.39 Å². The lowest BCUT2D eigenvalue weighted by Gasteiger charge is -2.40. The van der Waals surface area contributed by atoms with Crippen molar-refractivity contribution < 1.29 is 23.8 Å². The van der Waals surface area contributed by atoms with Crippen LogP contribution in [0.1, 0.15) is 37.4 Å². The summed E-state index contributed by atoms with van der Waals surface area (Å²) in [7, 11) is 3.79. The van der Waals surface area contributed by atoms with Crippen LogP contribution in [0.3, 0.4) is 0 Å². The van der Waals surface area contributed by atoms with Crippen LogP contribution in [0.4, 0.5) is 21.6 Å². The Kier molecular flexibility index (Phi) is 8.98. The molecule has 1 fully saturated rings. The van der Waals surface area contributed by atoms with Crippen molar-refractivity contribution in [1.82, 2.24) is 19.4 Å². The summed E-state index contributed by atoms with van der Waals surface area (Å²) in [4.78, 5) is 41.8. The van der Waals surface area contributed by atoms with Gasteiger partial charge in [-0.05, 0) is 84.1 Å². The molecule has 0 saturated carbocycles. The number of phenolic OH excluding ortho intramolecular Hbond substituents is 1. The number of halogens is 1. The molecule has 8 rings (SSSR count). The number of likely N-dealkylation sites (N-methyl/N-ethyl adjacent to an activating group) is 1. The van der Waals surface area contributed by atoms with Crippen molar-refractivity contribution in [3.63, 3.8) is 0 Å². The Morgan fingerprint density at radius 3 is 2.48 bits per heavy atom. The Morgan fingerprint density at radius 2 is 1.69 bits per heavy atom. The summed E-state index contributed by atoms with van der Waals surface area (Å²) in [5.41, 5.74) is 6.19. The van der Waals surface area contributed by atoms with Crippen LogP contribution in [0.15, 0.2) is 91.3 Å². The highest BCUT2D eigenvalue weighted by atomic mass is 19.1. The van der Waals surface area contributed by atoms with Gasteiger partial charge in [0.15, 0.2) is 0 Å². The second-order valence-corrected chi connectivity index (χ2v) is 13.9. The number of pyridine rings is 1. The third-order valence-electron chi connectivity index (χ3n) is 10.5. The van der Waals surface area contributed by atoms with Gasteiger partial charge in [0.1, 0.15) is 17.4 Å². The average Bonchev–Trinajstić information content (AvgIpc) is 3.74. The van der Waals surface area contributed by atoms with Gasteiger partial charge in [-0.2, -0.15) is 0 Å². The number of carbonyl (C=O) groups is 2. The lowest BCUT2D eigenvalue weighted by molar-refractivity contribution is 0.0193. The molecule has 3 aliphatic heterocycles. The van der Waals surface area contributed by atoms with Crippen molar-refractivity contribution in [3.8, 4) is 17.0 Å². The minimum Gasteiger partial charge on any atom is -0.508 e. The first-order valence-corrected chi connectivity index (χ1v) is 17.7. The molecule has 5 aromatic rings. The monoisotopic (exact) mass is 700 g/mol. The highest BCUT2D eigenvalue weighted by Crippen LogP contribution is 2.36. The van der Waals surface area contributed by atoms with E-state index in [1.165, 1.54) is 29.8 Å². The predicted molar refractivity (Wildman–Crippen MR) is 198 cm³/mol. The molecule has 0 aliphatic carbocycles. The van der Waals surface area contributed by atoms with Crippen molar-refractivity contribution in [2.45, 2.75) is 25.4 Å². The van der Waals surface area contributed by atoms with Gasteiger partial charge in [-0.15, -0.1) is 0 Å². The van der Waals surface area contributed by atoms with E-state index in [0.717, 1.165) is 49.4 Å². The normalized spacial score (nSPS) is 17.2. The summed E-state index contributed by atoms with van der Waals surface area (Å²) in [6, 6.07) is 22.6. The average molecular weight is 701 g/mol. The molecule has 3 aromatic carbocycles. The Labute approximate surface area is 302 Å². The van der Waals surface area contributed by atoms with Crippen LogP contribution in [-0.4, -0.2) is 88.8 Å². The number of ether oxygens (including phenoxy) is 1. The molecule has 3 aliphatic rings. The Hall–Kier alpha value is -5.52.